The molecular weight excluding hydrogens is 288 g/mol. The fourth-order valence-electron chi connectivity index (χ4n) is 1.99. The highest BCUT2D eigenvalue weighted by atomic mass is 35.5. The number of benzene rings is 1. The summed E-state index contributed by atoms with van der Waals surface area (Å²) < 4.78 is 5.02. The number of hydrogen-bond acceptors (Lipinski definition) is 5. The number of nitrogens with two attached hydrogens (primary N) is 1. The molecule has 1 aromatic carbocycles. The summed E-state index contributed by atoms with van der Waals surface area (Å²) in [6.45, 7) is 6.42. The van der Waals surface area contributed by atoms with Crippen molar-refractivity contribution in [1.29, 1.82) is 0 Å². The highest BCUT2D eigenvalue weighted by molar-refractivity contribution is 5.85. The Bertz CT molecular complexity index is 529. The summed E-state index contributed by atoms with van der Waals surface area (Å²) in [7, 11) is 0. The molecule has 0 amide bonds. The molecular formula is C15H21ClN4O. The second-order valence-corrected chi connectivity index (χ2v) is 4.57. The molecule has 0 aliphatic rings. The highest BCUT2D eigenvalue weighted by Crippen LogP contribution is 2.05. The van der Waals surface area contributed by atoms with Crippen LogP contribution in [0.5, 0.6) is 0 Å². The van der Waals surface area contributed by atoms with Gasteiger partial charge in [-0.15, -0.1) is 19.0 Å². The van der Waals surface area contributed by atoms with Gasteiger partial charge in [0.15, 0.2) is 5.82 Å². The molecule has 2 rings (SSSR count). The van der Waals surface area contributed by atoms with Crippen molar-refractivity contribution in [1.82, 2.24) is 15.0 Å². The van der Waals surface area contributed by atoms with Crippen LogP contribution in [0.4, 0.5) is 0 Å². The average Bonchev–Trinajstić information content (AvgIpc) is 2.94. The van der Waals surface area contributed by atoms with Gasteiger partial charge in [0.1, 0.15) is 0 Å². The van der Waals surface area contributed by atoms with Gasteiger partial charge in [0.05, 0.1) is 13.1 Å². The molecule has 5 nitrogen and oxygen atoms in total. The minimum absolute atomic E-state index is 0. The van der Waals surface area contributed by atoms with Crippen molar-refractivity contribution in [2.24, 2.45) is 5.73 Å². The van der Waals surface area contributed by atoms with E-state index < -0.39 is 0 Å². The van der Waals surface area contributed by atoms with Gasteiger partial charge < -0.3 is 10.3 Å². The maximum absolute atomic E-state index is 5.46. The number of aromatic nitrogens is 2. The van der Waals surface area contributed by atoms with Crippen molar-refractivity contribution in [3.05, 3.63) is 60.3 Å². The molecule has 0 unspecified atom stereocenters. The Balaban J connectivity index is 0.00000220. The molecule has 0 spiro atoms. The molecule has 0 radical (unpaired) electrons. The molecule has 0 bridgehead atoms. The van der Waals surface area contributed by atoms with Crippen LogP contribution in [0.2, 0.25) is 0 Å². The van der Waals surface area contributed by atoms with Crippen LogP contribution < -0.4 is 5.73 Å². The molecule has 0 atom stereocenters. The van der Waals surface area contributed by atoms with Crippen LogP contribution in [0.1, 0.15) is 17.3 Å². The van der Waals surface area contributed by atoms with E-state index in [2.05, 4.69) is 45.9 Å². The summed E-state index contributed by atoms with van der Waals surface area (Å²) in [6, 6.07) is 10.4. The molecule has 0 fully saturated rings. The van der Waals surface area contributed by atoms with Gasteiger partial charge in [-0.05, 0) is 12.0 Å². The lowest BCUT2D eigenvalue weighted by atomic mass is 10.1. The van der Waals surface area contributed by atoms with Crippen molar-refractivity contribution >= 4 is 12.4 Å². The van der Waals surface area contributed by atoms with E-state index in [1.165, 1.54) is 5.56 Å². The molecule has 2 aromatic rings. The summed E-state index contributed by atoms with van der Waals surface area (Å²) >= 11 is 0. The number of nitrogens with zero attached hydrogens (tertiary/aromatic N) is 3. The van der Waals surface area contributed by atoms with Crippen molar-refractivity contribution in [2.75, 3.05) is 13.1 Å². The molecule has 21 heavy (non-hydrogen) atoms. The van der Waals surface area contributed by atoms with Gasteiger partial charge in [-0.2, -0.15) is 4.98 Å². The van der Waals surface area contributed by atoms with E-state index in [4.69, 9.17) is 10.3 Å². The van der Waals surface area contributed by atoms with Crippen molar-refractivity contribution in [3.63, 3.8) is 0 Å². The van der Waals surface area contributed by atoms with Crippen LogP contribution in [0.25, 0.3) is 0 Å². The molecule has 0 saturated heterocycles. The minimum Gasteiger partial charge on any atom is -0.338 e. The summed E-state index contributed by atoms with van der Waals surface area (Å²) in [4.78, 5) is 6.45. The van der Waals surface area contributed by atoms with Crippen LogP contribution in [-0.2, 0) is 19.5 Å². The number of rotatable bonds is 8. The summed E-state index contributed by atoms with van der Waals surface area (Å²) in [6.07, 6.45) is 2.87. The van der Waals surface area contributed by atoms with Crippen molar-refractivity contribution in [2.45, 2.75) is 19.5 Å². The molecule has 0 aliphatic carbocycles. The topological polar surface area (TPSA) is 68.2 Å². The van der Waals surface area contributed by atoms with Gasteiger partial charge in [0, 0.05) is 13.1 Å². The Kier molecular flexibility index (Phi) is 7.68. The number of halogens is 1. The quantitative estimate of drug-likeness (QED) is 0.757. The predicted molar refractivity (Wildman–Crippen MR) is 85.1 cm³/mol. The maximum Gasteiger partial charge on any atom is 0.240 e. The van der Waals surface area contributed by atoms with Crippen LogP contribution in [0.3, 0.4) is 0 Å². The normalized spacial score (nSPS) is 10.4. The van der Waals surface area contributed by atoms with Crippen molar-refractivity contribution < 1.29 is 4.52 Å². The zero-order chi connectivity index (χ0) is 14.2. The van der Waals surface area contributed by atoms with Crippen molar-refractivity contribution in [3.8, 4) is 0 Å². The largest absolute Gasteiger partial charge is 0.338 e. The van der Waals surface area contributed by atoms with Crippen LogP contribution in [0, 0.1) is 0 Å². The lowest BCUT2D eigenvalue weighted by Gasteiger charge is -2.18. The first-order chi connectivity index (χ1) is 9.81. The smallest absolute Gasteiger partial charge is 0.240 e. The monoisotopic (exact) mass is 308 g/mol. The SMILES string of the molecule is C=CCN(CCc1ccccc1)Cc1noc(CN)n1.Cl. The predicted octanol–water partition coefficient (Wildman–Crippen LogP) is 2.18. The van der Waals surface area contributed by atoms with Gasteiger partial charge >= 0.3 is 0 Å². The Morgan fingerprint density at radius 3 is 2.67 bits per heavy atom. The Labute approximate surface area is 131 Å². The summed E-state index contributed by atoms with van der Waals surface area (Å²) in [5, 5.41) is 3.92. The maximum atomic E-state index is 5.46. The Morgan fingerprint density at radius 1 is 1.29 bits per heavy atom. The van der Waals surface area contributed by atoms with Gasteiger partial charge in [-0.1, -0.05) is 41.6 Å². The van der Waals surface area contributed by atoms with E-state index >= 15 is 0 Å². The molecule has 114 valence electrons. The van der Waals surface area contributed by atoms with Gasteiger partial charge in [-0.3, -0.25) is 4.90 Å². The lowest BCUT2D eigenvalue weighted by Crippen LogP contribution is -2.26. The number of hydrogen-bond donors (Lipinski definition) is 1. The first-order valence-corrected chi connectivity index (χ1v) is 6.70. The molecule has 0 saturated carbocycles. The minimum atomic E-state index is 0. The fourth-order valence-corrected chi connectivity index (χ4v) is 1.99. The molecule has 1 aromatic heterocycles. The Hall–Kier alpha value is -1.69. The highest BCUT2D eigenvalue weighted by Gasteiger charge is 2.10. The molecule has 0 aliphatic heterocycles. The molecule has 2 N–H and O–H groups in total. The van der Waals surface area contributed by atoms with Gasteiger partial charge in [0.2, 0.25) is 5.89 Å². The standard InChI is InChI=1S/C15H20N4O.ClH/c1-2-9-19(10-8-13-6-4-3-5-7-13)12-14-17-15(11-16)20-18-14;/h2-7H,1,8-12,16H2;1H. The van der Waals surface area contributed by atoms with E-state index in [9.17, 15) is 0 Å². The third-order valence-corrected chi connectivity index (χ3v) is 3.00. The second-order valence-electron chi connectivity index (χ2n) is 4.57. The third kappa shape index (κ3) is 5.67. The van der Waals surface area contributed by atoms with Gasteiger partial charge in [-0.25, -0.2) is 0 Å². The first kappa shape index (κ1) is 17.4. The zero-order valence-electron chi connectivity index (χ0n) is 11.9. The second kappa shape index (κ2) is 9.28. The molecule has 6 heteroatoms. The van der Waals surface area contributed by atoms with Crippen LogP contribution in [-0.4, -0.2) is 28.1 Å². The summed E-state index contributed by atoms with van der Waals surface area (Å²) in [5.41, 5.74) is 6.78. The third-order valence-electron chi connectivity index (χ3n) is 3.00. The first-order valence-electron chi connectivity index (χ1n) is 6.70. The van der Waals surface area contributed by atoms with E-state index in [0.29, 0.717) is 18.3 Å². The van der Waals surface area contributed by atoms with Crippen LogP contribution >= 0.6 is 12.4 Å². The zero-order valence-corrected chi connectivity index (χ0v) is 12.8. The van der Waals surface area contributed by atoms with E-state index in [0.717, 1.165) is 19.5 Å². The van der Waals surface area contributed by atoms with E-state index in [1.54, 1.807) is 0 Å². The Morgan fingerprint density at radius 2 is 2.05 bits per heavy atom. The summed E-state index contributed by atoms with van der Waals surface area (Å²) in [5.74, 6) is 1.14. The van der Waals surface area contributed by atoms with E-state index in [-0.39, 0.29) is 19.0 Å². The lowest BCUT2D eigenvalue weighted by molar-refractivity contribution is 0.283. The molecule has 1 heterocycles. The van der Waals surface area contributed by atoms with Gasteiger partial charge in [0.25, 0.3) is 0 Å². The fraction of sp³-hybridized carbons (Fsp3) is 0.333. The van der Waals surface area contributed by atoms with E-state index in [1.807, 2.05) is 12.1 Å². The average molecular weight is 309 g/mol. The van der Waals surface area contributed by atoms with Crippen LogP contribution in [0.15, 0.2) is 47.5 Å².